The van der Waals surface area contributed by atoms with E-state index in [4.69, 9.17) is 10.5 Å². The number of benzene rings is 3. The Kier molecular flexibility index (Phi) is 8.47. The van der Waals surface area contributed by atoms with Crippen LogP contribution in [-0.4, -0.2) is 12.0 Å². The molecule has 6 heteroatoms. The summed E-state index contributed by atoms with van der Waals surface area (Å²) >= 11 is 0. The van der Waals surface area contributed by atoms with E-state index < -0.39 is 6.09 Å². The van der Waals surface area contributed by atoms with Crippen LogP contribution in [0.2, 0.25) is 0 Å². The average Bonchev–Trinajstić information content (AvgIpc) is 2.84. The van der Waals surface area contributed by atoms with Gasteiger partial charge >= 0.3 is 6.09 Å². The maximum absolute atomic E-state index is 12.4. The molecule has 0 bridgehead atoms. The summed E-state index contributed by atoms with van der Waals surface area (Å²) in [5.74, 6) is -0.247. The maximum Gasteiger partial charge on any atom is 0.408 e. The van der Waals surface area contributed by atoms with Gasteiger partial charge in [-0.25, -0.2) is 4.79 Å². The van der Waals surface area contributed by atoms with Crippen LogP contribution in [-0.2, 0) is 17.7 Å². The molecule has 0 saturated heterocycles. The average molecular weight is 446 g/mol. The van der Waals surface area contributed by atoms with Crippen LogP contribution in [0.1, 0.15) is 59.8 Å². The van der Waals surface area contributed by atoms with Crippen LogP contribution in [0.3, 0.4) is 0 Å². The predicted octanol–water partition coefficient (Wildman–Crippen LogP) is 5.85. The monoisotopic (exact) mass is 445 g/mol. The molecule has 3 aromatic rings. The Labute approximate surface area is 195 Å². The van der Waals surface area contributed by atoms with Gasteiger partial charge in [0.15, 0.2) is 0 Å². The van der Waals surface area contributed by atoms with E-state index in [9.17, 15) is 9.59 Å². The van der Waals surface area contributed by atoms with E-state index in [1.54, 1.807) is 36.4 Å². The zero-order valence-corrected chi connectivity index (χ0v) is 19.1. The van der Waals surface area contributed by atoms with Crippen molar-refractivity contribution in [3.8, 4) is 0 Å². The Morgan fingerprint density at radius 3 is 2.21 bits per heavy atom. The summed E-state index contributed by atoms with van der Waals surface area (Å²) in [4.78, 5) is 24.8. The number of nitrogens with two attached hydrogens (primary N) is 1. The van der Waals surface area contributed by atoms with Crippen molar-refractivity contribution in [2.75, 3.05) is 11.1 Å². The third-order valence-electron chi connectivity index (χ3n) is 5.42. The molecule has 3 rings (SSSR count). The lowest BCUT2D eigenvalue weighted by Crippen LogP contribution is -2.25. The summed E-state index contributed by atoms with van der Waals surface area (Å²) in [5, 5.41) is 5.60. The molecular weight excluding hydrogens is 414 g/mol. The number of amides is 2. The molecule has 0 fully saturated rings. The van der Waals surface area contributed by atoms with Crippen LogP contribution in [0, 0.1) is 0 Å². The highest BCUT2D eigenvalue weighted by molar-refractivity contribution is 6.05. The fourth-order valence-electron chi connectivity index (χ4n) is 3.45. The van der Waals surface area contributed by atoms with Crippen molar-refractivity contribution in [2.24, 2.45) is 0 Å². The van der Waals surface area contributed by atoms with Crippen LogP contribution in [0.25, 0.3) is 0 Å². The van der Waals surface area contributed by atoms with Crippen molar-refractivity contribution >= 4 is 23.4 Å². The van der Waals surface area contributed by atoms with Gasteiger partial charge in [0.05, 0.1) is 11.4 Å². The van der Waals surface area contributed by atoms with E-state index in [-0.39, 0.29) is 12.0 Å². The van der Waals surface area contributed by atoms with Crippen molar-refractivity contribution in [3.05, 3.63) is 95.1 Å². The Morgan fingerprint density at radius 1 is 0.909 bits per heavy atom. The molecule has 0 saturated carbocycles. The van der Waals surface area contributed by atoms with Crippen molar-refractivity contribution < 1.29 is 14.3 Å². The molecule has 0 spiro atoms. The smallest absolute Gasteiger partial charge is 0.408 e. The Hall–Kier alpha value is -3.80. The van der Waals surface area contributed by atoms with Gasteiger partial charge in [0.25, 0.3) is 5.91 Å². The highest BCUT2D eigenvalue weighted by Crippen LogP contribution is 2.24. The number of aryl methyl sites for hydroxylation is 1. The minimum absolute atomic E-state index is 0.247. The van der Waals surface area contributed by atoms with E-state index in [1.807, 2.05) is 24.3 Å². The van der Waals surface area contributed by atoms with Crippen LogP contribution in [0.15, 0.2) is 72.8 Å². The van der Waals surface area contributed by atoms with Gasteiger partial charge in [-0.15, -0.1) is 0 Å². The summed E-state index contributed by atoms with van der Waals surface area (Å²) < 4.78 is 5.69. The van der Waals surface area contributed by atoms with E-state index in [0.717, 1.165) is 30.4 Å². The second kappa shape index (κ2) is 11.7. The lowest BCUT2D eigenvalue weighted by atomic mass is 10.0. The highest BCUT2D eigenvalue weighted by atomic mass is 16.6. The molecule has 0 radical (unpaired) electrons. The Bertz CT molecular complexity index is 1060. The van der Waals surface area contributed by atoms with Crippen molar-refractivity contribution in [1.29, 1.82) is 0 Å². The van der Waals surface area contributed by atoms with E-state index >= 15 is 0 Å². The fraction of sp³-hybridized carbons (Fsp3) is 0.259. The zero-order chi connectivity index (χ0) is 23.6. The Morgan fingerprint density at radius 2 is 1.58 bits per heavy atom. The van der Waals surface area contributed by atoms with Gasteiger partial charge in [-0.3, -0.25) is 4.79 Å². The lowest BCUT2D eigenvalue weighted by molar-refractivity contribution is 0.0915. The minimum atomic E-state index is -0.464. The first-order valence-electron chi connectivity index (χ1n) is 11.3. The molecule has 6 nitrogen and oxygen atoms in total. The number of carbonyl (C=O) groups excluding carboxylic acids is 2. The van der Waals surface area contributed by atoms with Crippen LogP contribution >= 0.6 is 0 Å². The summed E-state index contributed by atoms with van der Waals surface area (Å²) in [7, 11) is 0. The standard InChI is InChI=1S/C27H31N3O3/c1-3-7-25(21-14-10-19(4-2)11-15-21)33-27(32)29-18-20-12-16-22(17-13-20)26(31)30-24-9-6-5-8-23(24)28/h5-6,8-17,25H,3-4,7,18,28H2,1-2H3,(H,29,32)(H,30,31)/t25-/m1/s1. The van der Waals surface area contributed by atoms with Crippen molar-refractivity contribution in [1.82, 2.24) is 5.32 Å². The fourth-order valence-corrected chi connectivity index (χ4v) is 3.45. The predicted molar refractivity (Wildman–Crippen MR) is 132 cm³/mol. The number of nitrogen functional groups attached to an aromatic ring is 1. The van der Waals surface area contributed by atoms with Crippen LogP contribution in [0.5, 0.6) is 0 Å². The van der Waals surface area contributed by atoms with Crippen molar-refractivity contribution in [2.45, 2.75) is 45.8 Å². The van der Waals surface area contributed by atoms with Gasteiger partial charge in [-0.1, -0.05) is 68.8 Å². The molecule has 172 valence electrons. The van der Waals surface area contributed by atoms with E-state index in [1.165, 1.54) is 5.56 Å². The van der Waals surface area contributed by atoms with Gasteiger partial charge in [0.2, 0.25) is 0 Å². The number of anilines is 2. The topological polar surface area (TPSA) is 93.4 Å². The van der Waals surface area contributed by atoms with Crippen LogP contribution in [0.4, 0.5) is 16.2 Å². The molecule has 0 aliphatic carbocycles. The largest absolute Gasteiger partial charge is 0.441 e. The zero-order valence-electron chi connectivity index (χ0n) is 19.1. The molecule has 1 atom stereocenters. The number of hydrogen-bond donors (Lipinski definition) is 3. The number of ether oxygens (including phenoxy) is 1. The van der Waals surface area contributed by atoms with Gasteiger partial charge in [0.1, 0.15) is 6.10 Å². The first kappa shape index (κ1) is 23.9. The lowest BCUT2D eigenvalue weighted by Gasteiger charge is -2.18. The number of rotatable bonds is 9. The molecular formula is C27H31N3O3. The SMILES string of the molecule is CCC[C@@H](OC(=O)NCc1ccc(C(=O)Nc2ccccc2N)cc1)c1ccc(CC)cc1. The van der Waals surface area contributed by atoms with Gasteiger partial charge < -0.3 is 21.1 Å². The maximum atomic E-state index is 12.4. The van der Waals surface area contributed by atoms with E-state index in [0.29, 0.717) is 23.5 Å². The summed E-state index contributed by atoms with van der Waals surface area (Å²) in [6, 6.07) is 22.3. The molecule has 0 heterocycles. The molecule has 4 N–H and O–H groups in total. The van der Waals surface area contributed by atoms with Gasteiger partial charge in [-0.05, 0) is 53.8 Å². The van der Waals surface area contributed by atoms with Gasteiger partial charge in [-0.2, -0.15) is 0 Å². The molecule has 0 unspecified atom stereocenters. The second-order valence-electron chi connectivity index (χ2n) is 7.87. The van der Waals surface area contributed by atoms with Crippen LogP contribution < -0.4 is 16.4 Å². The third kappa shape index (κ3) is 6.84. The van der Waals surface area contributed by atoms with Crippen molar-refractivity contribution in [3.63, 3.8) is 0 Å². The molecule has 0 aliphatic heterocycles. The highest BCUT2D eigenvalue weighted by Gasteiger charge is 2.16. The first-order valence-corrected chi connectivity index (χ1v) is 11.3. The second-order valence-corrected chi connectivity index (χ2v) is 7.87. The van der Waals surface area contributed by atoms with E-state index in [2.05, 4.69) is 36.6 Å². The minimum Gasteiger partial charge on any atom is -0.441 e. The Balaban J connectivity index is 1.53. The first-order chi connectivity index (χ1) is 16.0. The number of nitrogens with one attached hydrogen (secondary N) is 2. The molecule has 0 aromatic heterocycles. The number of alkyl carbamates (subject to hydrolysis) is 1. The quantitative estimate of drug-likeness (QED) is 0.360. The molecule has 33 heavy (non-hydrogen) atoms. The number of para-hydroxylation sites is 2. The molecule has 2 amide bonds. The number of hydrogen-bond acceptors (Lipinski definition) is 4. The molecule has 0 aliphatic rings. The van der Waals surface area contributed by atoms with Gasteiger partial charge in [0, 0.05) is 12.1 Å². The number of carbonyl (C=O) groups is 2. The normalized spacial score (nSPS) is 11.5. The summed E-state index contributed by atoms with van der Waals surface area (Å²) in [5.41, 5.74) is 10.6. The molecule has 3 aromatic carbocycles. The third-order valence-corrected chi connectivity index (χ3v) is 5.42. The summed E-state index contributed by atoms with van der Waals surface area (Å²) in [6.07, 6.45) is 1.90. The summed E-state index contributed by atoms with van der Waals surface area (Å²) in [6.45, 7) is 4.49.